The molecule has 4 rings (SSSR count). The Morgan fingerprint density at radius 2 is 1.97 bits per heavy atom. The monoisotopic (exact) mass is 557 g/mol. The van der Waals surface area contributed by atoms with Crippen LogP contribution in [0.5, 0.6) is 0 Å². The van der Waals surface area contributed by atoms with Gasteiger partial charge in [-0.05, 0) is 42.8 Å². The van der Waals surface area contributed by atoms with Crippen LogP contribution in [0.2, 0.25) is 0 Å². The molecule has 0 saturated heterocycles. The van der Waals surface area contributed by atoms with Gasteiger partial charge in [-0.25, -0.2) is 22.7 Å². The van der Waals surface area contributed by atoms with E-state index in [-0.39, 0.29) is 45.0 Å². The molecule has 1 N–H and O–H groups in total. The van der Waals surface area contributed by atoms with E-state index < -0.39 is 33.7 Å². The minimum atomic E-state index is -4.66. The van der Waals surface area contributed by atoms with E-state index in [9.17, 15) is 31.6 Å². The van der Waals surface area contributed by atoms with E-state index in [0.717, 1.165) is 36.2 Å². The number of rotatable bonds is 4. The van der Waals surface area contributed by atoms with Gasteiger partial charge >= 0.3 is 12.3 Å². The highest BCUT2D eigenvalue weighted by Crippen LogP contribution is 2.45. The number of fused-ring (bicyclic) bond motifs is 1. The lowest BCUT2D eigenvalue weighted by Gasteiger charge is -2.34. The summed E-state index contributed by atoms with van der Waals surface area (Å²) in [5.74, 6) is -0.424. The van der Waals surface area contributed by atoms with Crippen LogP contribution in [-0.2, 0) is 20.8 Å². The first kappa shape index (κ1) is 27.2. The van der Waals surface area contributed by atoms with Gasteiger partial charge in [0.05, 0.1) is 35.8 Å². The van der Waals surface area contributed by atoms with Crippen molar-refractivity contribution in [1.29, 1.82) is 5.26 Å². The summed E-state index contributed by atoms with van der Waals surface area (Å²) in [6.45, 7) is 9.37. The van der Waals surface area contributed by atoms with Crippen LogP contribution in [-0.4, -0.2) is 42.6 Å². The van der Waals surface area contributed by atoms with Crippen molar-refractivity contribution in [1.82, 2.24) is 14.8 Å². The highest BCUT2D eigenvalue weighted by atomic mass is 32.2. The molecule has 11 nitrogen and oxygen atoms in total. The van der Waals surface area contributed by atoms with Gasteiger partial charge < -0.3 is 4.74 Å². The summed E-state index contributed by atoms with van der Waals surface area (Å²) in [5.41, 5.74) is -0.779. The molecule has 0 spiro atoms. The first-order valence-electron chi connectivity index (χ1n) is 10.9. The number of carbonyl (C=O) groups excluding carboxylic acids is 1. The molecule has 0 saturated carbocycles. The van der Waals surface area contributed by atoms with Crippen LogP contribution in [0.1, 0.15) is 29.7 Å². The molecule has 0 bridgehead atoms. The zero-order valence-electron chi connectivity index (χ0n) is 20.5. The Labute approximate surface area is 220 Å². The molecule has 1 aliphatic heterocycles. The third-order valence-corrected chi connectivity index (χ3v) is 6.96. The normalized spacial score (nSPS) is 15.3. The van der Waals surface area contributed by atoms with Crippen LogP contribution in [0.15, 0.2) is 58.8 Å². The molecular weight excluding hydrogens is 539 g/mol. The van der Waals surface area contributed by atoms with Gasteiger partial charge in [0.15, 0.2) is 9.84 Å². The lowest BCUT2D eigenvalue weighted by molar-refractivity contribution is -0.137. The predicted molar refractivity (Wildman–Crippen MR) is 131 cm³/mol. The van der Waals surface area contributed by atoms with Crippen molar-refractivity contribution in [2.75, 3.05) is 23.6 Å². The number of ether oxygens (including phenoxy) is 1. The quantitative estimate of drug-likeness (QED) is 0.459. The first-order chi connectivity index (χ1) is 18.3. The van der Waals surface area contributed by atoms with Crippen LogP contribution in [0.3, 0.4) is 0 Å². The lowest BCUT2D eigenvalue weighted by atomic mass is 9.99. The number of methoxy groups -OCH3 is 1. The molecule has 2 heterocycles. The second-order valence-corrected chi connectivity index (χ2v) is 10.3. The Balaban J connectivity index is 2.04. The maximum Gasteiger partial charge on any atom is 0.416 e. The summed E-state index contributed by atoms with van der Waals surface area (Å²) < 4.78 is 71.7. The van der Waals surface area contributed by atoms with Crippen molar-refractivity contribution in [2.45, 2.75) is 24.0 Å². The number of alkyl halides is 3. The van der Waals surface area contributed by atoms with Crippen molar-refractivity contribution in [3.8, 4) is 6.07 Å². The molecule has 1 aromatic heterocycles. The van der Waals surface area contributed by atoms with E-state index in [1.54, 1.807) is 0 Å². The molecule has 1 atom stereocenters. The summed E-state index contributed by atoms with van der Waals surface area (Å²) in [4.78, 5) is 20.7. The van der Waals surface area contributed by atoms with Gasteiger partial charge in [0, 0.05) is 17.6 Å². The molecule has 0 fully saturated rings. The van der Waals surface area contributed by atoms with Crippen molar-refractivity contribution in [3.05, 3.63) is 82.0 Å². The largest absolute Gasteiger partial charge is 0.453 e. The minimum Gasteiger partial charge on any atom is -0.453 e. The van der Waals surface area contributed by atoms with Crippen molar-refractivity contribution >= 4 is 33.5 Å². The fourth-order valence-electron chi connectivity index (χ4n) is 4.12. The Morgan fingerprint density at radius 3 is 2.56 bits per heavy atom. The number of aromatic nitrogens is 3. The van der Waals surface area contributed by atoms with Crippen molar-refractivity contribution in [2.24, 2.45) is 0 Å². The second-order valence-electron chi connectivity index (χ2n) is 8.30. The molecule has 15 heteroatoms. The summed E-state index contributed by atoms with van der Waals surface area (Å²) in [7, 11) is -2.84. The van der Waals surface area contributed by atoms with E-state index in [1.807, 2.05) is 6.07 Å². The van der Waals surface area contributed by atoms with Gasteiger partial charge in [0.1, 0.15) is 6.04 Å². The number of sulfone groups is 1. The zero-order valence-corrected chi connectivity index (χ0v) is 21.3. The standard InChI is InChI=1S/C24H18F3N7O4S/c1-13-19(29-2)20(17-9-8-14(12-28)10-18(17)39(4,36)37)34-22(30-21(32-34)31-23(35)38-3)33(13)16-7-5-6-15(11-16)24(25,26)27/h5-11,20H,1,3-4H3,(H,31,32,35). The smallest absolute Gasteiger partial charge is 0.416 e. The molecule has 0 radical (unpaired) electrons. The summed E-state index contributed by atoms with van der Waals surface area (Å²) in [5, 5.41) is 15.8. The number of benzene rings is 2. The first-order valence-corrected chi connectivity index (χ1v) is 12.8. The average Bonchev–Trinajstić information content (AvgIpc) is 3.29. The van der Waals surface area contributed by atoms with Gasteiger partial charge in [-0.3, -0.25) is 10.2 Å². The molecule has 1 amide bonds. The number of nitrogens with zero attached hydrogens (tertiary/aromatic N) is 6. The Morgan fingerprint density at radius 1 is 1.26 bits per heavy atom. The molecule has 1 aliphatic rings. The van der Waals surface area contributed by atoms with Crippen molar-refractivity contribution < 1.29 is 31.1 Å². The maximum absolute atomic E-state index is 13.5. The molecule has 200 valence electrons. The van der Waals surface area contributed by atoms with Gasteiger partial charge in [-0.15, -0.1) is 5.10 Å². The molecular formula is C24H18F3N7O4S. The Bertz CT molecular complexity index is 1720. The van der Waals surface area contributed by atoms with Crippen LogP contribution in [0, 0.1) is 17.9 Å². The average molecular weight is 558 g/mol. The van der Waals surface area contributed by atoms with Crippen LogP contribution in [0.4, 0.5) is 35.5 Å². The van der Waals surface area contributed by atoms with Gasteiger partial charge in [0.25, 0.3) is 5.95 Å². The minimum absolute atomic E-state index is 0.0108. The summed E-state index contributed by atoms with van der Waals surface area (Å²) in [6.07, 6.45) is -4.66. The van der Waals surface area contributed by atoms with Gasteiger partial charge in [0.2, 0.25) is 11.6 Å². The number of hydrogen-bond acceptors (Lipinski definition) is 8. The number of hydrogen-bond donors (Lipinski definition) is 1. The zero-order chi connectivity index (χ0) is 28.7. The van der Waals surface area contributed by atoms with E-state index in [4.69, 9.17) is 6.57 Å². The van der Waals surface area contributed by atoms with Crippen LogP contribution >= 0.6 is 0 Å². The van der Waals surface area contributed by atoms with Crippen LogP contribution < -0.4 is 10.2 Å². The topological polar surface area (TPSA) is 135 Å². The Kier molecular flexibility index (Phi) is 6.80. The third-order valence-electron chi connectivity index (χ3n) is 5.81. The van der Waals surface area contributed by atoms with E-state index in [0.29, 0.717) is 0 Å². The van der Waals surface area contributed by atoms with Crippen LogP contribution in [0.25, 0.3) is 4.85 Å². The van der Waals surface area contributed by atoms with E-state index in [1.165, 1.54) is 36.1 Å². The summed E-state index contributed by atoms with van der Waals surface area (Å²) >= 11 is 0. The number of nitrogens with one attached hydrogen (secondary N) is 1. The van der Waals surface area contributed by atoms with Gasteiger partial charge in [-0.1, -0.05) is 12.1 Å². The molecule has 0 aliphatic carbocycles. The number of allylic oxidation sites excluding steroid dienone is 2. The number of nitriles is 1. The summed E-state index contributed by atoms with van der Waals surface area (Å²) in [6, 6.07) is 8.83. The fraction of sp³-hybridized carbons (Fsp3) is 0.208. The molecule has 1 unspecified atom stereocenters. The number of carbonyl (C=O) groups is 1. The number of halogens is 3. The predicted octanol–water partition coefficient (Wildman–Crippen LogP) is 4.64. The molecule has 2 aromatic carbocycles. The van der Waals surface area contributed by atoms with E-state index >= 15 is 0 Å². The lowest BCUT2D eigenvalue weighted by Crippen LogP contribution is -2.31. The van der Waals surface area contributed by atoms with E-state index in [2.05, 4.69) is 25.0 Å². The van der Waals surface area contributed by atoms with Gasteiger partial charge in [-0.2, -0.15) is 23.4 Å². The highest BCUT2D eigenvalue weighted by molar-refractivity contribution is 7.90. The van der Waals surface area contributed by atoms with Crippen molar-refractivity contribution in [3.63, 3.8) is 0 Å². The highest BCUT2D eigenvalue weighted by Gasteiger charge is 2.39. The fourth-order valence-corrected chi connectivity index (χ4v) is 5.07. The SMILES string of the molecule is [C-]#[N+]C1=C(C)N(c2cccc(C(F)(F)F)c2)c2nc(NC(=O)OC)nn2C1c1ccc(C#N)cc1S(C)(=O)=O. The third kappa shape index (κ3) is 4.99. The Hall–Kier alpha value is -4.89. The number of anilines is 3. The number of amides is 1. The second kappa shape index (κ2) is 9.77. The maximum atomic E-state index is 13.5. The molecule has 3 aromatic rings. The molecule has 39 heavy (non-hydrogen) atoms.